The monoisotopic (exact) mass is 425 g/mol. The number of benzene rings is 1. The molecule has 2 amide bonds. The molecule has 1 saturated carbocycles. The standard InChI is InChI=1S/C27H43N3O/c1-7-29(8-2)16-10-12-21(4)30(26(31)28-24-13-9-11-20(3)17-24)19-22-14-15-23-18-25(22)27(23,5)6/h9,11,13-14,17,21,23,25H,7-8,10,12,15-16,18-19H2,1-6H3,(H,28,31)/t21-,23+,25+/m1/s1. The van der Waals surface area contributed by atoms with Gasteiger partial charge in [0.05, 0.1) is 0 Å². The molecule has 4 rings (SSSR count). The normalized spacial score (nSPS) is 22.5. The third-order valence-electron chi connectivity index (χ3n) is 7.99. The molecule has 3 aliphatic rings. The Morgan fingerprint density at radius 3 is 2.61 bits per heavy atom. The molecule has 3 aliphatic carbocycles. The van der Waals surface area contributed by atoms with Crippen LogP contribution in [0.15, 0.2) is 35.9 Å². The zero-order valence-corrected chi connectivity index (χ0v) is 20.6. The summed E-state index contributed by atoms with van der Waals surface area (Å²) in [5, 5.41) is 3.17. The van der Waals surface area contributed by atoms with E-state index in [9.17, 15) is 4.79 Å². The van der Waals surface area contributed by atoms with Crippen molar-refractivity contribution in [1.82, 2.24) is 9.80 Å². The molecular formula is C27H43N3O. The van der Waals surface area contributed by atoms with Gasteiger partial charge < -0.3 is 15.1 Å². The lowest BCUT2D eigenvalue weighted by atomic mass is 9.49. The van der Waals surface area contributed by atoms with Gasteiger partial charge >= 0.3 is 6.03 Å². The fourth-order valence-electron chi connectivity index (χ4n) is 5.50. The average molecular weight is 426 g/mol. The SMILES string of the molecule is CCN(CC)CCC[C@@H](C)N(CC1=CC[C@H]2C[C@@H]1C2(C)C)C(=O)Nc1cccc(C)c1. The van der Waals surface area contributed by atoms with E-state index < -0.39 is 0 Å². The highest BCUT2D eigenvalue weighted by Gasteiger charge is 2.51. The zero-order chi connectivity index (χ0) is 22.6. The maximum absolute atomic E-state index is 13.4. The summed E-state index contributed by atoms with van der Waals surface area (Å²) < 4.78 is 0. The number of nitrogens with zero attached hydrogens (tertiary/aromatic N) is 2. The van der Waals surface area contributed by atoms with Crippen molar-refractivity contribution in [3.8, 4) is 0 Å². The fourth-order valence-corrected chi connectivity index (χ4v) is 5.50. The highest BCUT2D eigenvalue weighted by atomic mass is 16.2. The molecule has 172 valence electrons. The first-order valence-corrected chi connectivity index (χ1v) is 12.3. The molecule has 1 aromatic carbocycles. The van der Waals surface area contributed by atoms with Crippen molar-refractivity contribution in [2.45, 2.75) is 73.3 Å². The fraction of sp³-hybridized carbons (Fsp3) is 0.667. The third kappa shape index (κ3) is 5.52. The minimum Gasteiger partial charge on any atom is -0.318 e. The Bertz CT molecular complexity index is 780. The number of anilines is 1. The Kier molecular flexibility index (Phi) is 7.85. The predicted octanol–water partition coefficient (Wildman–Crippen LogP) is 6.33. The van der Waals surface area contributed by atoms with Gasteiger partial charge in [-0.25, -0.2) is 4.79 Å². The number of amides is 2. The molecule has 0 aliphatic heterocycles. The van der Waals surface area contributed by atoms with Gasteiger partial charge in [0.2, 0.25) is 0 Å². The highest BCUT2D eigenvalue weighted by Crippen LogP contribution is 2.59. The molecule has 0 saturated heterocycles. The Morgan fingerprint density at radius 2 is 2.00 bits per heavy atom. The Labute approximate surface area is 190 Å². The van der Waals surface area contributed by atoms with Crippen LogP contribution in [0.3, 0.4) is 0 Å². The van der Waals surface area contributed by atoms with Crippen molar-refractivity contribution >= 4 is 11.7 Å². The van der Waals surface area contributed by atoms with E-state index in [0.717, 1.165) is 56.2 Å². The van der Waals surface area contributed by atoms with Crippen LogP contribution < -0.4 is 5.32 Å². The predicted molar refractivity (Wildman–Crippen MR) is 131 cm³/mol. The topological polar surface area (TPSA) is 35.6 Å². The van der Waals surface area contributed by atoms with Crippen LogP contribution in [0.1, 0.15) is 65.9 Å². The van der Waals surface area contributed by atoms with Crippen LogP contribution in [-0.2, 0) is 0 Å². The van der Waals surface area contributed by atoms with E-state index in [2.05, 4.69) is 68.8 Å². The first-order chi connectivity index (χ1) is 14.8. The van der Waals surface area contributed by atoms with Gasteiger partial charge in [-0.1, -0.05) is 51.5 Å². The second-order valence-corrected chi connectivity index (χ2v) is 10.3. The number of hydrogen-bond acceptors (Lipinski definition) is 2. The van der Waals surface area contributed by atoms with Gasteiger partial charge in [0.15, 0.2) is 0 Å². The first-order valence-electron chi connectivity index (χ1n) is 12.3. The number of fused-ring (bicyclic) bond motifs is 1. The van der Waals surface area contributed by atoms with Gasteiger partial charge in [-0.05, 0) is 94.1 Å². The molecule has 0 aromatic heterocycles. The molecule has 1 fully saturated rings. The number of carbonyl (C=O) groups excluding carboxylic acids is 1. The number of allylic oxidation sites excluding steroid dienone is 1. The summed E-state index contributed by atoms with van der Waals surface area (Å²) in [6.45, 7) is 17.6. The van der Waals surface area contributed by atoms with Crippen LogP contribution in [0.5, 0.6) is 0 Å². The quantitative estimate of drug-likeness (QED) is 0.444. The molecule has 0 radical (unpaired) electrons. The molecule has 0 unspecified atom stereocenters. The first kappa shape index (κ1) is 23.8. The maximum Gasteiger partial charge on any atom is 0.322 e. The summed E-state index contributed by atoms with van der Waals surface area (Å²) >= 11 is 0. The molecule has 31 heavy (non-hydrogen) atoms. The van der Waals surface area contributed by atoms with E-state index in [0.29, 0.717) is 11.3 Å². The van der Waals surface area contributed by atoms with Gasteiger partial charge in [0.25, 0.3) is 0 Å². The summed E-state index contributed by atoms with van der Waals surface area (Å²) in [4.78, 5) is 18.0. The van der Waals surface area contributed by atoms with E-state index in [4.69, 9.17) is 0 Å². The van der Waals surface area contributed by atoms with Crippen molar-refractivity contribution in [2.24, 2.45) is 17.3 Å². The summed E-state index contributed by atoms with van der Waals surface area (Å²) in [5.74, 6) is 1.45. The third-order valence-corrected chi connectivity index (χ3v) is 7.99. The minimum atomic E-state index is 0.0288. The average Bonchev–Trinajstić information content (AvgIpc) is 2.74. The summed E-state index contributed by atoms with van der Waals surface area (Å²) in [5.41, 5.74) is 3.90. The van der Waals surface area contributed by atoms with E-state index in [-0.39, 0.29) is 12.1 Å². The van der Waals surface area contributed by atoms with Crippen LogP contribution in [0.4, 0.5) is 10.5 Å². The van der Waals surface area contributed by atoms with Crippen LogP contribution >= 0.6 is 0 Å². The van der Waals surface area contributed by atoms with Crippen LogP contribution in [0, 0.1) is 24.2 Å². The Morgan fingerprint density at radius 1 is 1.26 bits per heavy atom. The minimum absolute atomic E-state index is 0.0288. The molecule has 4 heteroatoms. The summed E-state index contributed by atoms with van der Waals surface area (Å²) in [6.07, 6.45) is 7.04. The van der Waals surface area contributed by atoms with Gasteiger partial charge in [-0.2, -0.15) is 0 Å². The largest absolute Gasteiger partial charge is 0.322 e. The van der Waals surface area contributed by atoms with E-state index in [1.165, 1.54) is 18.4 Å². The van der Waals surface area contributed by atoms with Gasteiger partial charge in [-0.15, -0.1) is 0 Å². The van der Waals surface area contributed by atoms with Crippen LogP contribution in [-0.4, -0.2) is 48.1 Å². The van der Waals surface area contributed by atoms with Crippen molar-refractivity contribution in [3.63, 3.8) is 0 Å². The smallest absolute Gasteiger partial charge is 0.318 e. The molecule has 4 nitrogen and oxygen atoms in total. The van der Waals surface area contributed by atoms with Crippen molar-refractivity contribution in [2.75, 3.05) is 31.5 Å². The van der Waals surface area contributed by atoms with Crippen molar-refractivity contribution in [1.29, 1.82) is 0 Å². The van der Waals surface area contributed by atoms with E-state index in [1.807, 2.05) is 18.2 Å². The number of nitrogens with one attached hydrogen (secondary N) is 1. The van der Waals surface area contributed by atoms with Gasteiger partial charge in [-0.3, -0.25) is 0 Å². The molecule has 0 spiro atoms. The van der Waals surface area contributed by atoms with Crippen LogP contribution in [0.2, 0.25) is 0 Å². The number of carbonyl (C=O) groups is 1. The number of hydrogen-bond donors (Lipinski definition) is 1. The second kappa shape index (κ2) is 10.2. The van der Waals surface area contributed by atoms with Gasteiger partial charge in [0, 0.05) is 18.3 Å². The summed E-state index contributed by atoms with van der Waals surface area (Å²) in [6, 6.07) is 8.33. The Hall–Kier alpha value is -1.81. The lowest BCUT2D eigenvalue weighted by Crippen LogP contribution is -2.51. The van der Waals surface area contributed by atoms with Crippen molar-refractivity contribution in [3.05, 3.63) is 41.5 Å². The zero-order valence-electron chi connectivity index (χ0n) is 20.6. The van der Waals surface area contributed by atoms with Gasteiger partial charge in [0.1, 0.15) is 0 Å². The second-order valence-electron chi connectivity index (χ2n) is 10.3. The molecule has 3 atom stereocenters. The highest BCUT2D eigenvalue weighted by molar-refractivity contribution is 5.89. The molecule has 0 heterocycles. The lowest BCUT2D eigenvalue weighted by molar-refractivity contribution is -0.0103. The van der Waals surface area contributed by atoms with Crippen LogP contribution in [0.25, 0.3) is 0 Å². The number of aryl methyl sites for hydroxylation is 1. The Balaban J connectivity index is 1.70. The maximum atomic E-state index is 13.4. The number of rotatable bonds is 10. The van der Waals surface area contributed by atoms with Crippen molar-refractivity contribution < 1.29 is 4.79 Å². The number of urea groups is 1. The molecule has 2 bridgehead atoms. The lowest BCUT2D eigenvalue weighted by Gasteiger charge is -2.57. The van der Waals surface area contributed by atoms with E-state index >= 15 is 0 Å². The molecule has 1 N–H and O–H groups in total. The van der Waals surface area contributed by atoms with E-state index in [1.54, 1.807) is 0 Å². The summed E-state index contributed by atoms with van der Waals surface area (Å²) in [7, 11) is 0. The molecular weight excluding hydrogens is 382 g/mol. The molecule has 1 aromatic rings.